The lowest BCUT2D eigenvalue weighted by Crippen LogP contribution is -2.24. The van der Waals surface area contributed by atoms with Gasteiger partial charge in [0.1, 0.15) is 29.1 Å². The van der Waals surface area contributed by atoms with Crippen LogP contribution in [0.4, 0.5) is 0 Å². The third kappa shape index (κ3) is 1.67. The van der Waals surface area contributed by atoms with Crippen LogP contribution in [0.25, 0.3) is 11.0 Å². The van der Waals surface area contributed by atoms with E-state index in [0.29, 0.717) is 16.9 Å². The molecule has 0 radical (unpaired) electrons. The van der Waals surface area contributed by atoms with Crippen molar-refractivity contribution in [3.63, 3.8) is 0 Å². The maximum Gasteiger partial charge on any atom is 0.336 e. The summed E-state index contributed by atoms with van der Waals surface area (Å²) in [6.07, 6.45) is -1.82. The summed E-state index contributed by atoms with van der Waals surface area (Å²) in [5.74, 6) is 0.536. The summed E-state index contributed by atoms with van der Waals surface area (Å²) in [6, 6.07) is 6.63. The molecule has 2 fully saturated rings. The second-order valence-electron chi connectivity index (χ2n) is 5.49. The van der Waals surface area contributed by atoms with Crippen LogP contribution in [-0.4, -0.2) is 30.2 Å². The van der Waals surface area contributed by atoms with E-state index in [0.717, 1.165) is 5.39 Å². The van der Waals surface area contributed by atoms with E-state index >= 15 is 0 Å². The molecule has 2 aliphatic heterocycles. The standard InChI is InChI=1S/C15H14O6/c1-15-13(21-15)12(20-14(15)17)10-8(18-2)5-3-7-4-6-9(16)19-11(7)10/h3-6,12-14,17H,1-2H3. The molecule has 0 amide bonds. The largest absolute Gasteiger partial charge is 0.496 e. The summed E-state index contributed by atoms with van der Waals surface area (Å²) in [5, 5.41) is 10.7. The first-order chi connectivity index (χ1) is 10.0. The molecule has 4 unspecified atom stereocenters. The van der Waals surface area contributed by atoms with Gasteiger partial charge in [-0.1, -0.05) is 0 Å². The Bertz CT molecular complexity index is 781. The molecule has 6 heteroatoms. The smallest absolute Gasteiger partial charge is 0.336 e. The first-order valence-electron chi connectivity index (χ1n) is 6.66. The highest BCUT2D eigenvalue weighted by Gasteiger charge is 2.69. The van der Waals surface area contributed by atoms with Gasteiger partial charge in [-0.05, 0) is 25.1 Å². The van der Waals surface area contributed by atoms with E-state index in [9.17, 15) is 9.90 Å². The minimum absolute atomic E-state index is 0.280. The van der Waals surface area contributed by atoms with Crippen molar-refractivity contribution in [1.82, 2.24) is 0 Å². The second kappa shape index (κ2) is 4.07. The molecule has 6 nitrogen and oxygen atoms in total. The average molecular weight is 290 g/mol. The number of methoxy groups -OCH3 is 1. The number of hydrogen-bond donors (Lipinski definition) is 1. The van der Waals surface area contributed by atoms with E-state index in [1.807, 2.05) is 0 Å². The Labute approximate surface area is 119 Å². The average Bonchev–Trinajstić information content (AvgIpc) is 3.10. The lowest BCUT2D eigenvalue weighted by Gasteiger charge is -2.18. The van der Waals surface area contributed by atoms with Crippen molar-refractivity contribution in [3.05, 3.63) is 40.2 Å². The molecule has 1 N–H and O–H groups in total. The molecule has 2 saturated heterocycles. The topological polar surface area (TPSA) is 81.4 Å². The Balaban J connectivity index is 1.95. The minimum atomic E-state index is -1.01. The Morgan fingerprint density at radius 3 is 2.67 bits per heavy atom. The van der Waals surface area contributed by atoms with Gasteiger partial charge in [0.05, 0.1) is 12.7 Å². The number of ether oxygens (including phenoxy) is 3. The summed E-state index contributed by atoms with van der Waals surface area (Å²) < 4.78 is 21.8. The van der Waals surface area contributed by atoms with Gasteiger partial charge in [-0.25, -0.2) is 4.79 Å². The highest BCUT2D eigenvalue weighted by Crippen LogP contribution is 2.57. The van der Waals surface area contributed by atoms with Crippen LogP contribution in [0, 0.1) is 0 Å². The zero-order valence-electron chi connectivity index (χ0n) is 11.5. The Kier molecular flexibility index (Phi) is 2.48. The quantitative estimate of drug-likeness (QED) is 0.664. The Morgan fingerprint density at radius 1 is 1.29 bits per heavy atom. The number of hydrogen-bond acceptors (Lipinski definition) is 6. The van der Waals surface area contributed by atoms with Gasteiger partial charge < -0.3 is 23.7 Å². The predicted molar refractivity (Wildman–Crippen MR) is 72.1 cm³/mol. The molecule has 4 atom stereocenters. The maximum atomic E-state index is 11.5. The van der Waals surface area contributed by atoms with Gasteiger partial charge >= 0.3 is 5.63 Å². The zero-order chi connectivity index (χ0) is 14.8. The van der Waals surface area contributed by atoms with Crippen molar-refractivity contribution < 1.29 is 23.7 Å². The van der Waals surface area contributed by atoms with Crippen molar-refractivity contribution in [3.8, 4) is 5.75 Å². The molecule has 21 heavy (non-hydrogen) atoms. The number of aliphatic hydroxyl groups is 1. The molecule has 0 saturated carbocycles. The highest BCUT2D eigenvalue weighted by molar-refractivity contribution is 5.82. The van der Waals surface area contributed by atoms with Crippen LogP contribution in [0.5, 0.6) is 5.75 Å². The van der Waals surface area contributed by atoms with Crippen molar-refractivity contribution in [2.75, 3.05) is 7.11 Å². The number of aliphatic hydroxyl groups excluding tert-OH is 1. The SMILES string of the molecule is COc1ccc2ccc(=O)oc2c1C1OC(O)C2(C)OC12. The summed E-state index contributed by atoms with van der Waals surface area (Å²) >= 11 is 0. The Hall–Kier alpha value is -1.89. The summed E-state index contributed by atoms with van der Waals surface area (Å²) in [7, 11) is 1.53. The molecular weight excluding hydrogens is 276 g/mol. The molecule has 1 aromatic carbocycles. The van der Waals surface area contributed by atoms with Crippen LogP contribution in [0.15, 0.2) is 33.5 Å². The molecular formula is C15H14O6. The van der Waals surface area contributed by atoms with Gasteiger partial charge in [0.25, 0.3) is 0 Å². The monoisotopic (exact) mass is 290 g/mol. The van der Waals surface area contributed by atoms with Gasteiger partial charge in [0.2, 0.25) is 0 Å². The van der Waals surface area contributed by atoms with Crippen LogP contribution in [0.1, 0.15) is 18.6 Å². The molecule has 110 valence electrons. The predicted octanol–water partition coefficient (Wildman–Crippen LogP) is 1.35. The molecule has 0 spiro atoms. The highest BCUT2D eigenvalue weighted by atomic mass is 16.7. The summed E-state index contributed by atoms with van der Waals surface area (Å²) in [5.41, 5.74) is -0.154. The van der Waals surface area contributed by atoms with Gasteiger partial charge in [0.15, 0.2) is 6.29 Å². The molecule has 2 aromatic rings. The fraction of sp³-hybridized carbons (Fsp3) is 0.400. The summed E-state index contributed by atoms with van der Waals surface area (Å²) in [4.78, 5) is 11.5. The lowest BCUT2D eigenvalue weighted by molar-refractivity contribution is -0.160. The van der Waals surface area contributed by atoms with Crippen molar-refractivity contribution in [2.45, 2.75) is 31.0 Å². The minimum Gasteiger partial charge on any atom is -0.496 e. The van der Waals surface area contributed by atoms with E-state index in [-0.39, 0.29) is 6.10 Å². The van der Waals surface area contributed by atoms with Crippen LogP contribution < -0.4 is 10.4 Å². The first kappa shape index (κ1) is 12.8. The van der Waals surface area contributed by atoms with E-state index in [2.05, 4.69) is 0 Å². The second-order valence-corrected chi connectivity index (χ2v) is 5.49. The van der Waals surface area contributed by atoms with E-state index in [1.165, 1.54) is 13.2 Å². The fourth-order valence-corrected chi connectivity index (χ4v) is 2.95. The Morgan fingerprint density at radius 2 is 2.05 bits per heavy atom. The van der Waals surface area contributed by atoms with Crippen molar-refractivity contribution in [2.24, 2.45) is 0 Å². The molecule has 1 aromatic heterocycles. The third-order valence-corrected chi connectivity index (χ3v) is 4.22. The molecule has 0 aliphatic carbocycles. The number of fused-ring (bicyclic) bond motifs is 2. The van der Waals surface area contributed by atoms with Crippen LogP contribution in [0.3, 0.4) is 0 Å². The van der Waals surface area contributed by atoms with E-state index in [1.54, 1.807) is 25.1 Å². The van der Waals surface area contributed by atoms with E-state index in [4.69, 9.17) is 18.6 Å². The number of benzene rings is 1. The number of rotatable bonds is 2. The third-order valence-electron chi connectivity index (χ3n) is 4.22. The zero-order valence-corrected chi connectivity index (χ0v) is 11.5. The fourth-order valence-electron chi connectivity index (χ4n) is 2.95. The molecule has 2 aliphatic rings. The van der Waals surface area contributed by atoms with Gasteiger partial charge in [-0.15, -0.1) is 0 Å². The maximum absolute atomic E-state index is 11.5. The van der Waals surface area contributed by atoms with E-state index < -0.39 is 23.6 Å². The molecule has 0 bridgehead atoms. The summed E-state index contributed by atoms with van der Waals surface area (Å²) in [6.45, 7) is 1.79. The van der Waals surface area contributed by atoms with Crippen LogP contribution in [-0.2, 0) is 9.47 Å². The van der Waals surface area contributed by atoms with Crippen LogP contribution >= 0.6 is 0 Å². The normalized spacial score (nSPS) is 34.0. The van der Waals surface area contributed by atoms with Gasteiger partial charge in [-0.3, -0.25) is 0 Å². The molecule has 3 heterocycles. The van der Waals surface area contributed by atoms with Crippen molar-refractivity contribution in [1.29, 1.82) is 0 Å². The number of epoxide rings is 1. The molecule has 4 rings (SSSR count). The van der Waals surface area contributed by atoms with Crippen molar-refractivity contribution >= 4 is 11.0 Å². The van der Waals surface area contributed by atoms with Gasteiger partial charge in [0, 0.05) is 11.5 Å². The van der Waals surface area contributed by atoms with Gasteiger partial charge in [-0.2, -0.15) is 0 Å². The van der Waals surface area contributed by atoms with Crippen LogP contribution in [0.2, 0.25) is 0 Å². The lowest BCUT2D eigenvalue weighted by atomic mass is 9.98. The first-order valence-corrected chi connectivity index (χ1v) is 6.66.